The fourth-order valence-electron chi connectivity index (χ4n) is 3.78. The number of nitrogens with zero attached hydrogens (tertiary/aromatic N) is 1. The summed E-state index contributed by atoms with van der Waals surface area (Å²) in [5.74, 6) is 0. The molecule has 1 saturated heterocycles. The highest BCUT2D eigenvalue weighted by atomic mass is 15.2. The lowest BCUT2D eigenvalue weighted by Crippen LogP contribution is -2.60. The Bertz CT molecular complexity index is 217. The van der Waals surface area contributed by atoms with E-state index in [0.29, 0.717) is 5.54 Å². The van der Waals surface area contributed by atoms with Crippen LogP contribution in [-0.2, 0) is 0 Å². The molecule has 2 aliphatic rings. The first-order chi connectivity index (χ1) is 7.72. The van der Waals surface area contributed by atoms with Crippen molar-refractivity contribution in [3.8, 4) is 0 Å². The minimum Gasteiger partial charge on any atom is -0.314 e. The van der Waals surface area contributed by atoms with Crippen molar-refractivity contribution < 1.29 is 0 Å². The van der Waals surface area contributed by atoms with E-state index in [1.807, 2.05) is 0 Å². The van der Waals surface area contributed by atoms with Crippen molar-refractivity contribution in [2.75, 3.05) is 13.1 Å². The van der Waals surface area contributed by atoms with Gasteiger partial charge in [-0.2, -0.15) is 0 Å². The van der Waals surface area contributed by atoms with Gasteiger partial charge in [-0.15, -0.1) is 0 Å². The fraction of sp³-hybridized carbons (Fsp3) is 1.00. The van der Waals surface area contributed by atoms with Crippen molar-refractivity contribution in [1.82, 2.24) is 10.2 Å². The minimum absolute atomic E-state index is 0.594. The van der Waals surface area contributed by atoms with Crippen LogP contribution in [0.3, 0.4) is 0 Å². The zero-order chi connectivity index (χ0) is 11.6. The molecule has 0 aromatic carbocycles. The fourth-order valence-corrected chi connectivity index (χ4v) is 3.78. The molecule has 0 amide bonds. The van der Waals surface area contributed by atoms with Crippen LogP contribution in [0.5, 0.6) is 0 Å². The third-order valence-corrected chi connectivity index (χ3v) is 4.92. The topological polar surface area (TPSA) is 15.3 Å². The molecule has 1 saturated carbocycles. The summed E-state index contributed by atoms with van der Waals surface area (Å²) in [4.78, 5) is 2.82. The highest BCUT2D eigenvalue weighted by Gasteiger charge is 2.44. The highest BCUT2D eigenvalue weighted by molar-refractivity contribution is 5.01. The minimum atomic E-state index is 0.594. The average Bonchev–Trinajstić information content (AvgIpc) is 2.20. The predicted molar refractivity (Wildman–Crippen MR) is 69.7 cm³/mol. The van der Waals surface area contributed by atoms with Crippen LogP contribution in [0.4, 0.5) is 0 Å². The molecule has 1 aliphatic heterocycles. The number of likely N-dealkylation sites (tertiary alicyclic amines) is 1. The second-order valence-electron chi connectivity index (χ2n) is 5.75. The van der Waals surface area contributed by atoms with Crippen molar-refractivity contribution in [3.63, 3.8) is 0 Å². The normalized spacial score (nSPS) is 34.7. The lowest BCUT2D eigenvalue weighted by atomic mass is 9.71. The van der Waals surface area contributed by atoms with Gasteiger partial charge in [0.25, 0.3) is 0 Å². The van der Waals surface area contributed by atoms with E-state index in [2.05, 4.69) is 31.0 Å². The summed E-state index contributed by atoms with van der Waals surface area (Å²) in [5.41, 5.74) is 0.594. The molecule has 2 fully saturated rings. The van der Waals surface area contributed by atoms with Gasteiger partial charge in [-0.25, -0.2) is 0 Å². The summed E-state index contributed by atoms with van der Waals surface area (Å²) in [6.07, 6.45) is 8.38. The van der Waals surface area contributed by atoms with Gasteiger partial charge in [-0.05, 0) is 52.0 Å². The maximum absolute atomic E-state index is 3.61. The Hall–Kier alpha value is -0.0800. The molecule has 0 aromatic heterocycles. The number of hydrogen-bond donors (Lipinski definition) is 1. The van der Waals surface area contributed by atoms with Crippen LogP contribution in [0.15, 0.2) is 0 Å². The van der Waals surface area contributed by atoms with Crippen LogP contribution in [-0.4, -0.2) is 35.6 Å². The number of hydrogen-bond acceptors (Lipinski definition) is 2. The molecule has 2 atom stereocenters. The number of piperidine rings is 1. The monoisotopic (exact) mass is 224 g/mol. The van der Waals surface area contributed by atoms with Crippen LogP contribution in [0.2, 0.25) is 0 Å². The number of rotatable bonds is 4. The number of nitrogens with one attached hydrogen (secondary N) is 1. The molecule has 1 N–H and O–H groups in total. The second-order valence-corrected chi connectivity index (χ2v) is 5.75. The molecule has 2 nitrogen and oxygen atoms in total. The molecular formula is C14H28N2. The molecule has 2 rings (SSSR count). The molecule has 1 aliphatic carbocycles. The average molecular weight is 224 g/mol. The van der Waals surface area contributed by atoms with Gasteiger partial charge < -0.3 is 5.32 Å². The van der Waals surface area contributed by atoms with Crippen LogP contribution in [0.1, 0.15) is 59.3 Å². The van der Waals surface area contributed by atoms with E-state index in [-0.39, 0.29) is 0 Å². The zero-order valence-corrected chi connectivity index (χ0v) is 11.3. The predicted octanol–water partition coefficient (Wildman–Crippen LogP) is 2.78. The van der Waals surface area contributed by atoms with Crippen molar-refractivity contribution in [2.24, 2.45) is 0 Å². The Morgan fingerprint density at radius 1 is 1.31 bits per heavy atom. The van der Waals surface area contributed by atoms with E-state index < -0.39 is 0 Å². The van der Waals surface area contributed by atoms with Crippen molar-refractivity contribution in [1.29, 1.82) is 0 Å². The van der Waals surface area contributed by atoms with Crippen LogP contribution < -0.4 is 5.32 Å². The van der Waals surface area contributed by atoms with E-state index in [4.69, 9.17) is 0 Å². The Kier molecular flexibility index (Phi) is 3.91. The summed E-state index contributed by atoms with van der Waals surface area (Å²) in [6, 6.07) is 1.54. The smallest absolute Gasteiger partial charge is 0.0209 e. The van der Waals surface area contributed by atoms with Gasteiger partial charge in [-0.3, -0.25) is 4.90 Å². The second kappa shape index (κ2) is 5.05. The van der Waals surface area contributed by atoms with E-state index in [1.165, 1.54) is 45.1 Å². The Morgan fingerprint density at radius 3 is 2.50 bits per heavy atom. The van der Waals surface area contributed by atoms with Gasteiger partial charge in [0.05, 0.1) is 0 Å². The van der Waals surface area contributed by atoms with E-state index >= 15 is 0 Å². The van der Waals surface area contributed by atoms with Crippen LogP contribution in [0, 0.1) is 0 Å². The van der Waals surface area contributed by atoms with Crippen LogP contribution >= 0.6 is 0 Å². The van der Waals surface area contributed by atoms with Gasteiger partial charge in [0.2, 0.25) is 0 Å². The summed E-state index contributed by atoms with van der Waals surface area (Å²) < 4.78 is 0. The standard InChI is InChI=1S/C14H28N2/c1-4-14(8-6-9-14)16-10-7-13(15-5-2)11-12(16)3/h12-13,15H,4-11H2,1-3H3. The molecule has 0 spiro atoms. The molecule has 16 heavy (non-hydrogen) atoms. The molecular weight excluding hydrogens is 196 g/mol. The first-order valence-corrected chi connectivity index (χ1v) is 7.22. The van der Waals surface area contributed by atoms with Gasteiger partial charge in [0, 0.05) is 24.2 Å². The van der Waals surface area contributed by atoms with Gasteiger partial charge in [-0.1, -0.05) is 13.8 Å². The Balaban J connectivity index is 1.93. The molecule has 0 bridgehead atoms. The largest absolute Gasteiger partial charge is 0.314 e. The summed E-state index contributed by atoms with van der Waals surface area (Å²) >= 11 is 0. The lowest BCUT2D eigenvalue weighted by molar-refractivity contribution is -0.0385. The molecule has 1 heterocycles. The van der Waals surface area contributed by atoms with Gasteiger partial charge in [0.1, 0.15) is 0 Å². The quantitative estimate of drug-likeness (QED) is 0.790. The summed E-state index contributed by atoms with van der Waals surface area (Å²) in [7, 11) is 0. The lowest BCUT2D eigenvalue weighted by Gasteiger charge is -2.55. The Morgan fingerprint density at radius 2 is 2.06 bits per heavy atom. The Labute approximate surface area is 101 Å². The maximum Gasteiger partial charge on any atom is 0.0209 e. The molecule has 0 aromatic rings. The summed E-state index contributed by atoms with van der Waals surface area (Å²) in [6.45, 7) is 9.46. The van der Waals surface area contributed by atoms with Gasteiger partial charge in [0.15, 0.2) is 0 Å². The van der Waals surface area contributed by atoms with Gasteiger partial charge >= 0.3 is 0 Å². The zero-order valence-electron chi connectivity index (χ0n) is 11.3. The molecule has 2 heteroatoms. The first-order valence-electron chi connectivity index (χ1n) is 7.22. The van der Waals surface area contributed by atoms with Crippen molar-refractivity contribution in [2.45, 2.75) is 76.9 Å². The van der Waals surface area contributed by atoms with Crippen molar-refractivity contribution >= 4 is 0 Å². The SMILES string of the molecule is CCNC1CCN(C2(CC)CCC2)C(C)C1. The highest BCUT2D eigenvalue weighted by Crippen LogP contribution is 2.43. The first kappa shape index (κ1) is 12.4. The molecule has 94 valence electrons. The molecule has 0 radical (unpaired) electrons. The maximum atomic E-state index is 3.61. The summed E-state index contributed by atoms with van der Waals surface area (Å²) in [5, 5.41) is 3.61. The van der Waals surface area contributed by atoms with Crippen molar-refractivity contribution in [3.05, 3.63) is 0 Å². The van der Waals surface area contributed by atoms with E-state index in [1.54, 1.807) is 0 Å². The third kappa shape index (κ3) is 2.14. The third-order valence-electron chi connectivity index (χ3n) is 4.92. The molecule has 2 unspecified atom stereocenters. The van der Waals surface area contributed by atoms with E-state index in [9.17, 15) is 0 Å². The van der Waals surface area contributed by atoms with Crippen LogP contribution in [0.25, 0.3) is 0 Å². The van der Waals surface area contributed by atoms with E-state index in [0.717, 1.165) is 18.6 Å².